The monoisotopic (exact) mass is 282 g/mol. The smallest absolute Gasteiger partial charge is 0.288 e. The Balaban J connectivity index is 2.10. The normalized spacial score (nSPS) is 16.1. The maximum absolute atomic E-state index is 12.0. The van der Waals surface area contributed by atoms with Crippen LogP contribution in [0.25, 0.3) is 0 Å². The van der Waals surface area contributed by atoms with Gasteiger partial charge in [-0.05, 0) is 25.0 Å². The summed E-state index contributed by atoms with van der Waals surface area (Å²) in [4.78, 5) is 22.2. The Morgan fingerprint density at radius 3 is 2.63 bits per heavy atom. The highest BCUT2D eigenvalue weighted by molar-refractivity contribution is 6.32. The van der Waals surface area contributed by atoms with E-state index in [9.17, 15) is 14.9 Å². The zero-order valence-electron chi connectivity index (χ0n) is 10.4. The fourth-order valence-corrected chi connectivity index (χ4v) is 2.50. The van der Waals surface area contributed by atoms with Gasteiger partial charge < -0.3 is 5.32 Å². The van der Waals surface area contributed by atoms with Crippen LogP contribution in [-0.2, 0) is 0 Å². The Bertz CT molecular complexity index is 499. The first-order valence-corrected chi connectivity index (χ1v) is 6.70. The minimum Gasteiger partial charge on any atom is -0.349 e. The van der Waals surface area contributed by atoms with Gasteiger partial charge >= 0.3 is 0 Å². The van der Waals surface area contributed by atoms with Crippen LogP contribution >= 0.6 is 11.6 Å². The van der Waals surface area contributed by atoms with Gasteiger partial charge in [0.1, 0.15) is 5.02 Å². The van der Waals surface area contributed by atoms with E-state index in [1.807, 2.05) is 0 Å². The molecule has 1 aliphatic rings. The molecule has 0 saturated heterocycles. The molecular formula is C13H15ClN2O3. The summed E-state index contributed by atoms with van der Waals surface area (Å²) >= 11 is 5.71. The quantitative estimate of drug-likeness (QED) is 0.683. The fourth-order valence-electron chi connectivity index (χ4n) is 2.31. The maximum atomic E-state index is 12.0. The van der Waals surface area contributed by atoms with Crippen molar-refractivity contribution in [1.82, 2.24) is 5.32 Å². The molecule has 5 nitrogen and oxygen atoms in total. The van der Waals surface area contributed by atoms with Gasteiger partial charge in [0.2, 0.25) is 0 Å². The minimum atomic E-state index is -0.584. The third-order valence-corrected chi connectivity index (χ3v) is 3.67. The van der Waals surface area contributed by atoms with Crippen LogP contribution in [0.5, 0.6) is 0 Å². The zero-order chi connectivity index (χ0) is 13.8. The molecule has 102 valence electrons. The van der Waals surface area contributed by atoms with Crippen molar-refractivity contribution in [1.29, 1.82) is 0 Å². The number of halogens is 1. The first-order valence-electron chi connectivity index (χ1n) is 6.33. The molecule has 2 rings (SSSR count). The Hall–Kier alpha value is -1.62. The van der Waals surface area contributed by atoms with Crippen molar-refractivity contribution in [2.24, 2.45) is 0 Å². The minimum absolute atomic E-state index is 0.0409. The lowest BCUT2D eigenvalue weighted by Gasteiger charge is -2.22. The zero-order valence-corrected chi connectivity index (χ0v) is 11.2. The van der Waals surface area contributed by atoms with Gasteiger partial charge in [0, 0.05) is 17.7 Å². The maximum Gasteiger partial charge on any atom is 0.288 e. The van der Waals surface area contributed by atoms with Crippen LogP contribution in [0.2, 0.25) is 5.02 Å². The Kier molecular flexibility index (Phi) is 4.37. The van der Waals surface area contributed by atoms with Gasteiger partial charge in [-0.3, -0.25) is 14.9 Å². The van der Waals surface area contributed by atoms with Crippen molar-refractivity contribution in [3.63, 3.8) is 0 Å². The molecule has 1 fully saturated rings. The molecule has 0 aliphatic heterocycles. The first kappa shape index (κ1) is 13.8. The number of amides is 1. The van der Waals surface area contributed by atoms with Crippen molar-refractivity contribution in [2.45, 2.75) is 38.1 Å². The van der Waals surface area contributed by atoms with Crippen LogP contribution in [0.15, 0.2) is 18.2 Å². The van der Waals surface area contributed by atoms with E-state index in [-0.39, 0.29) is 28.2 Å². The number of carbonyl (C=O) groups excluding carboxylic acids is 1. The molecule has 1 aromatic carbocycles. The van der Waals surface area contributed by atoms with Crippen LogP contribution in [0, 0.1) is 10.1 Å². The molecule has 0 bridgehead atoms. The number of hydrogen-bond donors (Lipinski definition) is 1. The molecule has 1 aromatic rings. The van der Waals surface area contributed by atoms with Crippen molar-refractivity contribution < 1.29 is 9.72 Å². The van der Waals surface area contributed by atoms with Crippen LogP contribution in [0.4, 0.5) is 5.69 Å². The van der Waals surface area contributed by atoms with Crippen LogP contribution < -0.4 is 5.32 Å². The summed E-state index contributed by atoms with van der Waals surface area (Å²) in [6.07, 6.45) is 5.39. The number of carbonyl (C=O) groups is 1. The summed E-state index contributed by atoms with van der Waals surface area (Å²) < 4.78 is 0. The summed E-state index contributed by atoms with van der Waals surface area (Å²) in [5.41, 5.74) is 0.0413. The topological polar surface area (TPSA) is 72.2 Å². The third-order valence-electron chi connectivity index (χ3n) is 3.35. The van der Waals surface area contributed by atoms with Crippen molar-refractivity contribution in [3.05, 3.63) is 38.9 Å². The van der Waals surface area contributed by atoms with E-state index in [1.165, 1.54) is 24.6 Å². The highest BCUT2D eigenvalue weighted by atomic mass is 35.5. The van der Waals surface area contributed by atoms with E-state index in [1.54, 1.807) is 0 Å². The van der Waals surface area contributed by atoms with Crippen molar-refractivity contribution in [2.75, 3.05) is 0 Å². The second-order valence-electron chi connectivity index (χ2n) is 4.73. The number of nitrogens with zero attached hydrogens (tertiary/aromatic N) is 1. The molecule has 1 N–H and O–H groups in total. The predicted octanol–water partition coefficient (Wildman–Crippen LogP) is 3.31. The molecule has 19 heavy (non-hydrogen) atoms. The van der Waals surface area contributed by atoms with Gasteiger partial charge in [0.25, 0.3) is 11.6 Å². The first-order chi connectivity index (χ1) is 9.08. The van der Waals surface area contributed by atoms with Gasteiger partial charge in [-0.2, -0.15) is 0 Å². The van der Waals surface area contributed by atoms with Gasteiger partial charge in [-0.25, -0.2) is 0 Å². The van der Waals surface area contributed by atoms with Gasteiger partial charge in [0.15, 0.2) is 0 Å². The second-order valence-corrected chi connectivity index (χ2v) is 5.14. The summed E-state index contributed by atoms with van der Waals surface area (Å²) in [6, 6.07) is 4.29. The van der Waals surface area contributed by atoms with Crippen molar-refractivity contribution in [3.8, 4) is 0 Å². The average Bonchev–Trinajstić information content (AvgIpc) is 2.40. The molecule has 1 aliphatic carbocycles. The third kappa shape index (κ3) is 3.44. The number of nitro groups is 1. The Labute approximate surface area is 116 Å². The summed E-state index contributed by atoms with van der Waals surface area (Å²) in [5, 5.41) is 13.7. The van der Waals surface area contributed by atoms with Crippen molar-refractivity contribution >= 4 is 23.2 Å². The molecule has 0 radical (unpaired) electrons. The van der Waals surface area contributed by atoms with E-state index < -0.39 is 4.92 Å². The SMILES string of the molecule is O=C(NC1CCCCC1)c1ccc(Cl)c([N+](=O)[O-])c1. The summed E-state index contributed by atoms with van der Waals surface area (Å²) in [6.45, 7) is 0. The molecule has 0 spiro atoms. The molecule has 0 heterocycles. The fraction of sp³-hybridized carbons (Fsp3) is 0.462. The molecule has 6 heteroatoms. The van der Waals surface area contributed by atoms with E-state index in [0.29, 0.717) is 0 Å². The number of nitrogens with one attached hydrogen (secondary N) is 1. The number of benzene rings is 1. The van der Waals surface area contributed by atoms with E-state index in [2.05, 4.69) is 5.32 Å². The molecule has 1 amide bonds. The number of nitro benzene ring substituents is 1. The average molecular weight is 283 g/mol. The van der Waals surface area contributed by atoms with E-state index in [4.69, 9.17) is 11.6 Å². The molecular weight excluding hydrogens is 268 g/mol. The van der Waals surface area contributed by atoms with Crippen LogP contribution in [0.3, 0.4) is 0 Å². The van der Waals surface area contributed by atoms with E-state index in [0.717, 1.165) is 25.7 Å². The summed E-state index contributed by atoms with van der Waals surface area (Å²) in [5.74, 6) is -0.272. The lowest BCUT2D eigenvalue weighted by Crippen LogP contribution is -2.36. The summed E-state index contributed by atoms with van der Waals surface area (Å²) in [7, 11) is 0. The lowest BCUT2D eigenvalue weighted by molar-refractivity contribution is -0.384. The van der Waals surface area contributed by atoms with E-state index >= 15 is 0 Å². The van der Waals surface area contributed by atoms with Gasteiger partial charge in [0.05, 0.1) is 4.92 Å². The highest BCUT2D eigenvalue weighted by Crippen LogP contribution is 2.25. The Morgan fingerprint density at radius 2 is 2.00 bits per heavy atom. The van der Waals surface area contributed by atoms with Crippen LogP contribution in [0.1, 0.15) is 42.5 Å². The highest BCUT2D eigenvalue weighted by Gasteiger charge is 2.19. The molecule has 0 atom stereocenters. The largest absolute Gasteiger partial charge is 0.349 e. The van der Waals surface area contributed by atoms with Gasteiger partial charge in [-0.15, -0.1) is 0 Å². The van der Waals surface area contributed by atoms with Crippen LogP contribution in [-0.4, -0.2) is 16.9 Å². The molecule has 0 aromatic heterocycles. The second kappa shape index (κ2) is 6.02. The molecule has 1 saturated carbocycles. The number of hydrogen-bond acceptors (Lipinski definition) is 3. The number of rotatable bonds is 3. The molecule has 0 unspecified atom stereocenters. The predicted molar refractivity (Wildman–Crippen MR) is 72.4 cm³/mol. The van der Waals surface area contributed by atoms with Gasteiger partial charge in [-0.1, -0.05) is 30.9 Å². The standard InChI is InChI=1S/C13H15ClN2O3/c14-11-7-6-9(8-12(11)16(18)19)13(17)15-10-4-2-1-3-5-10/h6-8,10H,1-5H2,(H,15,17). The Morgan fingerprint density at radius 1 is 1.32 bits per heavy atom. The lowest BCUT2D eigenvalue weighted by atomic mass is 9.95.